The number of methoxy groups -OCH3 is 1. The van der Waals surface area contributed by atoms with E-state index >= 15 is 0 Å². The Kier molecular flexibility index (Phi) is 5.42. The Bertz CT molecular complexity index is 1060. The molecule has 1 aromatic heterocycles. The number of halogens is 1. The van der Waals surface area contributed by atoms with Crippen LogP contribution in [0.5, 0.6) is 0 Å². The number of anilines is 1. The zero-order valence-electron chi connectivity index (χ0n) is 16.3. The number of fused-ring (bicyclic) bond motifs is 2. The van der Waals surface area contributed by atoms with E-state index in [4.69, 9.17) is 16.3 Å². The molecule has 0 aliphatic heterocycles. The number of carboxylic acids is 1. The number of aliphatic carboxylic acids is 1. The Hall–Kier alpha value is -2.64. The number of rotatable bonds is 5. The van der Waals surface area contributed by atoms with Crippen LogP contribution in [0, 0.1) is 30.6 Å². The van der Waals surface area contributed by atoms with Gasteiger partial charge in [-0.3, -0.25) is 9.59 Å². The van der Waals surface area contributed by atoms with E-state index in [9.17, 15) is 19.5 Å². The summed E-state index contributed by atoms with van der Waals surface area (Å²) in [7, 11) is 1.29. The molecule has 1 aromatic carbocycles. The molecule has 4 atom stereocenters. The van der Waals surface area contributed by atoms with Crippen LogP contribution in [-0.4, -0.2) is 30.1 Å². The normalized spacial score (nSPS) is 24.1. The van der Waals surface area contributed by atoms with Crippen LogP contribution in [0.2, 0.25) is 5.02 Å². The van der Waals surface area contributed by atoms with Crippen molar-refractivity contribution in [1.29, 1.82) is 0 Å². The number of ether oxygens (including phenoxy) is 1. The third-order valence-electron chi connectivity index (χ3n) is 5.89. The number of carbonyl (C=O) groups excluding carboxylic acids is 2. The highest BCUT2D eigenvalue weighted by molar-refractivity contribution is 7.17. The maximum atomic E-state index is 13.1. The smallest absolute Gasteiger partial charge is 0.341 e. The third kappa shape index (κ3) is 3.42. The predicted octanol–water partition coefficient (Wildman–Crippen LogP) is 4.62. The van der Waals surface area contributed by atoms with E-state index < -0.39 is 23.8 Å². The van der Waals surface area contributed by atoms with Gasteiger partial charge in [0.2, 0.25) is 5.91 Å². The molecule has 2 N–H and O–H groups in total. The molecule has 156 valence electrons. The summed E-state index contributed by atoms with van der Waals surface area (Å²) < 4.78 is 4.98. The second kappa shape index (κ2) is 7.89. The summed E-state index contributed by atoms with van der Waals surface area (Å²) in [5.74, 6) is -3.56. The standard InChI is InChI=1S/C22H20ClNO5S/c1-10-15(11-5-7-14(23)8-6-11)18(22(28)29-2)20(30-10)24-19(25)16-12-3-4-13(9-12)17(16)21(26)27/h3-8,12-13,16-17H,9H2,1-2H3,(H,24,25)(H,26,27)/t12-,13+,16+,17+/m1/s1. The molecule has 1 saturated carbocycles. The first kappa shape index (κ1) is 20.6. The molecule has 4 rings (SSSR count). The molecule has 2 aromatic rings. The third-order valence-corrected chi connectivity index (χ3v) is 7.16. The molecule has 30 heavy (non-hydrogen) atoms. The largest absolute Gasteiger partial charge is 0.481 e. The van der Waals surface area contributed by atoms with Crippen molar-refractivity contribution in [2.45, 2.75) is 13.3 Å². The summed E-state index contributed by atoms with van der Waals surface area (Å²) in [6, 6.07) is 7.06. The van der Waals surface area contributed by atoms with Crippen molar-refractivity contribution in [2.24, 2.45) is 23.7 Å². The number of hydrogen-bond acceptors (Lipinski definition) is 5. The number of aryl methyl sites for hydroxylation is 1. The lowest BCUT2D eigenvalue weighted by Gasteiger charge is -2.23. The van der Waals surface area contributed by atoms with Crippen molar-refractivity contribution in [3.05, 3.63) is 51.9 Å². The summed E-state index contributed by atoms with van der Waals surface area (Å²) in [6.45, 7) is 1.86. The molecule has 0 spiro atoms. The van der Waals surface area contributed by atoms with Crippen LogP contribution in [-0.2, 0) is 14.3 Å². The number of amides is 1. The number of hydrogen-bond donors (Lipinski definition) is 2. The highest BCUT2D eigenvalue weighted by Crippen LogP contribution is 2.49. The van der Waals surface area contributed by atoms with Gasteiger partial charge in [-0.15, -0.1) is 11.3 Å². The van der Waals surface area contributed by atoms with Crippen LogP contribution in [0.15, 0.2) is 36.4 Å². The zero-order chi connectivity index (χ0) is 21.6. The van der Waals surface area contributed by atoms with Crippen molar-refractivity contribution < 1.29 is 24.2 Å². The first-order chi connectivity index (χ1) is 14.3. The lowest BCUT2D eigenvalue weighted by atomic mass is 9.82. The van der Waals surface area contributed by atoms with Crippen LogP contribution in [0.3, 0.4) is 0 Å². The van der Waals surface area contributed by atoms with Gasteiger partial charge in [-0.1, -0.05) is 35.9 Å². The summed E-state index contributed by atoms with van der Waals surface area (Å²) in [5.41, 5.74) is 1.71. The molecule has 2 bridgehead atoms. The van der Waals surface area contributed by atoms with Gasteiger partial charge in [0.1, 0.15) is 10.6 Å². The monoisotopic (exact) mass is 445 g/mol. The van der Waals surface area contributed by atoms with Gasteiger partial charge in [0, 0.05) is 15.5 Å². The van der Waals surface area contributed by atoms with Crippen molar-refractivity contribution >= 4 is 45.8 Å². The van der Waals surface area contributed by atoms with E-state index in [-0.39, 0.29) is 23.3 Å². The minimum atomic E-state index is -0.968. The van der Waals surface area contributed by atoms with Gasteiger partial charge >= 0.3 is 11.9 Å². The Morgan fingerprint density at radius 2 is 1.77 bits per heavy atom. The van der Waals surface area contributed by atoms with Crippen molar-refractivity contribution in [3.63, 3.8) is 0 Å². The molecule has 0 saturated heterocycles. The predicted molar refractivity (Wildman–Crippen MR) is 115 cm³/mol. The SMILES string of the molecule is COC(=O)c1c(NC(=O)[C@@H]2[C@@H](C(=O)O)[C@H]3C=C[C@@H]2C3)sc(C)c1-c1ccc(Cl)cc1. The number of thiophene rings is 1. The summed E-state index contributed by atoms with van der Waals surface area (Å²) in [6.07, 6.45) is 4.48. The summed E-state index contributed by atoms with van der Waals surface area (Å²) >= 11 is 7.26. The first-order valence-electron chi connectivity index (χ1n) is 9.51. The molecule has 6 nitrogen and oxygen atoms in total. The Balaban J connectivity index is 1.71. The van der Waals surface area contributed by atoms with Gasteiger partial charge in [-0.25, -0.2) is 4.79 Å². The fourth-order valence-electron chi connectivity index (χ4n) is 4.61. The van der Waals surface area contributed by atoms with Gasteiger partial charge in [0.05, 0.1) is 18.9 Å². The number of carboxylic acid groups (broad SMARTS) is 1. The van der Waals surface area contributed by atoms with Crippen LogP contribution in [0.1, 0.15) is 21.7 Å². The zero-order valence-corrected chi connectivity index (χ0v) is 17.9. The second-order valence-electron chi connectivity index (χ2n) is 7.56. The quantitative estimate of drug-likeness (QED) is 0.517. The number of esters is 1. The first-order valence-corrected chi connectivity index (χ1v) is 10.7. The molecule has 0 radical (unpaired) electrons. The Labute approximate surface area is 182 Å². The average Bonchev–Trinajstić information content (AvgIpc) is 3.41. The van der Waals surface area contributed by atoms with Crippen molar-refractivity contribution in [3.8, 4) is 11.1 Å². The van der Waals surface area contributed by atoms with Crippen LogP contribution in [0.4, 0.5) is 5.00 Å². The Morgan fingerprint density at radius 1 is 1.13 bits per heavy atom. The maximum Gasteiger partial charge on any atom is 0.341 e. The van der Waals surface area contributed by atoms with Gasteiger partial charge in [-0.2, -0.15) is 0 Å². The number of allylic oxidation sites excluding steroid dienone is 2. The minimum Gasteiger partial charge on any atom is -0.481 e. The van der Waals surface area contributed by atoms with Crippen LogP contribution < -0.4 is 5.32 Å². The average molecular weight is 446 g/mol. The highest BCUT2D eigenvalue weighted by atomic mass is 35.5. The molecule has 2 aliphatic rings. The van der Waals surface area contributed by atoms with Crippen molar-refractivity contribution in [2.75, 3.05) is 12.4 Å². The van der Waals surface area contributed by atoms with Gasteiger partial charge in [0.15, 0.2) is 0 Å². The van der Waals surface area contributed by atoms with E-state index in [0.717, 1.165) is 10.4 Å². The van der Waals surface area contributed by atoms with E-state index in [0.29, 0.717) is 22.0 Å². The molecule has 1 fully saturated rings. The molecule has 0 unspecified atom stereocenters. The molecular weight excluding hydrogens is 426 g/mol. The molecular formula is C22H20ClNO5S. The number of nitrogens with one attached hydrogen (secondary N) is 1. The van der Waals surface area contributed by atoms with Crippen molar-refractivity contribution in [1.82, 2.24) is 0 Å². The summed E-state index contributed by atoms with van der Waals surface area (Å²) in [4.78, 5) is 38.3. The molecule has 2 aliphatic carbocycles. The lowest BCUT2D eigenvalue weighted by Crippen LogP contribution is -2.36. The topological polar surface area (TPSA) is 92.7 Å². The van der Waals surface area contributed by atoms with E-state index in [2.05, 4.69) is 5.32 Å². The van der Waals surface area contributed by atoms with Crippen LogP contribution in [0.25, 0.3) is 11.1 Å². The second-order valence-corrected chi connectivity index (χ2v) is 9.22. The molecule has 1 amide bonds. The Morgan fingerprint density at radius 3 is 2.37 bits per heavy atom. The highest BCUT2D eigenvalue weighted by Gasteiger charge is 2.51. The van der Waals surface area contributed by atoms with Crippen LogP contribution >= 0.6 is 22.9 Å². The van der Waals surface area contributed by atoms with E-state index in [1.807, 2.05) is 19.1 Å². The number of carbonyl (C=O) groups is 3. The van der Waals surface area contributed by atoms with Gasteiger partial charge < -0.3 is 15.2 Å². The van der Waals surface area contributed by atoms with Gasteiger partial charge in [0.25, 0.3) is 0 Å². The summed E-state index contributed by atoms with van der Waals surface area (Å²) in [5, 5.41) is 13.4. The number of benzene rings is 1. The maximum absolute atomic E-state index is 13.1. The molecule has 1 heterocycles. The van der Waals surface area contributed by atoms with Gasteiger partial charge in [-0.05, 0) is 42.9 Å². The van der Waals surface area contributed by atoms with E-state index in [1.165, 1.54) is 18.4 Å². The lowest BCUT2D eigenvalue weighted by molar-refractivity contribution is -0.146. The fourth-order valence-corrected chi connectivity index (χ4v) is 5.80. The minimum absolute atomic E-state index is 0.102. The fraction of sp³-hybridized carbons (Fsp3) is 0.318. The molecule has 8 heteroatoms. The van der Waals surface area contributed by atoms with E-state index in [1.54, 1.807) is 24.3 Å².